The Bertz CT molecular complexity index is 689. The number of carbonyl (C=O) groups excluding carboxylic acids is 3. The molecule has 136 valence electrons. The smallest absolute Gasteiger partial charge is 0.340 e. The first-order valence-electron chi connectivity index (χ1n) is 7.55. The molecule has 0 spiro atoms. The number of thiophene rings is 1. The van der Waals surface area contributed by atoms with Crippen LogP contribution in [-0.2, 0) is 14.3 Å². The summed E-state index contributed by atoms with van der Waals surface area (Å²) in [7, 11) is 2.73. The van der Waals surface area contributed by atoms with Crippen LogP contribution in [0.2, 0.25) is 0 Å². The van der Waals surface area contributed by atoms with Crippen LogP contribution >= 0.6 is 11.3 Å². The van der Waals surface area contributed by atoms with Crippen LogP contribution in [0.1, 0.15) is 23.2 Å². The average Bonchev–Trinajstić information content (AvgIpc) is 3.19. The van der Waals surface area contributed by atoms with E-state index in [-0.39, 0.29) is 18.9 Å². The summed E-state index contributed by atoms with van der Waals surface area (Å²) in [6.45, 7) is 0.413. The number of nitrogens with zero attached hydrogens (tertiary/aromatic N) is 2. The molecule has 1 saturated heterocycles. The molecule has 0 saturated carbocycles. The van der Waals surface area contributed by atoms with Gasteiger partial charge in [-0.15, -0.1) is 11.3 Å². The number of carboxylic acids is 1. The standard InChI is InChI=1S/C15H19N3O6S/c1-17(6-4-11(19)20)15(23)16-10-3-7-18(12(10)21)13-9(5-8-25-13)14(22)24-2/h5,8,10H,3-4,6-7H2,1-2H3,(H,16,23)(H,19,20). The summed E-state index contributed by atoms with van der Waals surface area (Å²) < 4.78 is 4.70. The molecule has 1 aromatic rings. The summed E-state index contributed by atoms with van der Waals surface area (Å²) in [5.41, 5.74) is 0.311. The van der Waals surface area contributed by atoms with Crippen LogP contribution in [0.5, 0.6) is 0 Å². The quantitative estimate of drug-likeness (QED) is 0.715. The lowest BCUT2D eigenvalue weighted by Crippen LogP contribution is -2.47. The van der Waals surface area contributed by atoms with Gasteiger partial charge in [0.25, 0.3) is 0 Å². The van der Waals surface area contributed by atoms with E-state index in [1.165, 1.54) is 35.3 Å². The minimum Gasteiger partial charge on any atom is -0.481 e. The van der Waals surface area contributed by atoms with Crippen LogP contribution in [0.3, 0.4) is 0 Å². The van der Waals surface area contributed by atoms with Crippen LogP contribution in [0.25, 0.3) is 0 Å². The number of urea groups is 1. The van der Waals surface area contributed by atoms with Crippen molar-refractivity contribution < 1.29 is 29.0 Å². The number of ether oxygens (including phenoxy) is 1. The summed E-state index contributed by atoms with van der Waals surface area (Å²) in [6.07, 6.45) is 0.224. The predicted octanol–water partition coefficient (Wildman–Crippen LogP) is 0.756. The minimum atomic E-state index is -1.00. The highest BCUT2D eigenvalue weighted by atomic mass is 32.1. The third-order valence-electron chi connectivity index (χ3n) is 3.81. The number of amides is 3. The lowest BCUT2D eigenvalue weighted by Gasteiger charge is -2.20. The molecule has 2 rings (SSSR count). The van der Waals surface area contributed by atoms with Crippen molar-refractivity contribution in [2.24, 2.45) is 0 Å². The molecule has 0 radical (unpaired) electrons. The van der Waals surface area contributed by atoms with Crippen LogP contribution < -0.4 is 10.2 Å². The Balaban J connectivity index is 2.00. The van der Waals surface area contributed by atoms with Gasteiger partial charge in [-0.1, -0.05) is 0 Å². The second kappa shape index (κ2) is 7.97. The second-order valence-corrected chi connectivity index (χ2v) is 6.37. The zero-order valence-corrected chi connectivity index (χ0v) is 14.7. The third-order valence-corrected chi connectivity index (χ3v) is 4.74. The summed E-state index contributed by atoms with van der Waals surface area (Å²) >= 11 is 1.25. The molecule has 10 heteroatoms. The van der Waals surface area contributed by atoms with Gasteiger partial charge in [-0.05, 0) is 17.9 Å². The molecule has 1 aliphatic heterocycles. The van der Waals surface area contributed by atoms with E-state index in [0.29, 0.717) is 23.5 Å². The van der Waals surface area contributed by atoms with Gasteiger partial charge in [-0.2, -0.15) is 0 Å². The average molecular weight is 369 g/mol. The normalized spacial score (nSPS) is 16.6. The summed E-state index contributed by atoms with van der Waals surface area (Å²) in [5, 5.41) is 13.4. The highest BCUT2D eigenvalue weighted by molar-refractivity contribution is 7.14. The van der Waals surface area contributed by atoms with Crippen molar-refractivity contribution in [1.29, 1.82) is 0 Å². The molecular weight excluding hydrogens is 350 g/mol. The summed E-state index contributed by atoms with van der Waals surface area (Å²) in [5.74, 6) is -1.84. The van der Waals surface area contributed by atoms with Gasteiger partial charge in [0, 0.05) is 20.1 Å². The van der Waals surface area contributed by atoms with Crippen molar-refractivity contribution in [3.05, 3.63) is 17.0 Å². The van der Waals surface area contributed by atoms with Crippen molar-refractivity contribution in [1.82, 2.24) is 10.2 Å². The molecular formula is C15H19N3O6S. The molecule has 0 bridgehead atoms. The fraction of sp³-hybridized carbons (Fsp3) is 0.467. The monoisotopic (exact) mass is 369 g/mol. The lowest BCUT2D eigenvalue weighted by atomic mass is 10.2. The summed E-state index contributed by atoms with van der Waals surface area (Å²) in [4.78, 5) is 49.6. The van der Waals surface area contributed by atoms with Crippen LogP contribution in [0.15, 0.2) is 11.4 Å². The van der Waals surface area contributed by atoms with Crippen LogP contribution in [-0.4, -0.2) is 67.2 Å². The van der Waals surface area contributed by atoms with E-state index >= 15 is 0 Å². The molecule has 0 aliphatic carbocycles. The first-order valence-corrected chi connectivity index (χ1v) is 8.43. The fourth-order valence-electron chi connectivity index (χ4n) is 2.42. The number of aliphatic carboxylic acids is 1. The molecule has 25 heavy (non-hydrogen) atoms. The van der Waals surface area contributed by atoms with Gasteiger partial charge in [0.15, 0.2) is 0 Å². The van der Waals surface area contributed by atoms with Gasteiger partial charge in [0.2, 0.25) is 5.91 Å². The van der Waals surface area contributed by atoms with Gasteiger partial charge in [0.1, 0.15) is 11.0 Å². The number of carbonyl (C=O) groups is 4. The van der Waals surface area contributed by atoms with E-state index in [1.807, 2.05) is 0 Å². The molecule has 1 aromatic heterocycles. The first-order chi connectivity index (χ1) is 11.8. The Labute approximate surface area is 148 Å². The Morgan fingerprint density at radius 2 is 2.20 bits per heavy atom. The lowest BCUT2D eigenvalue weighted by molar-refractivity contribution is -0.137. The highest BCUT2D eigenvalue weighted by Crippen LogP contribution is 2.31. The largest absolute Gasteiger partial charge is 0.481 e. The van der Waals surface area contributed by atoms with Crippen molar-refractivity contribution >= 4 is 40.2 Å². The zero-order valence-electron chi connectivity index (χ0n) is 13.9. The van der Waals surface area contributed by atoms with Crippen LogP contribution in [0.4, 0.5) is 9.80 Å². The van der Waals surface area contributed by atoms with Gasteiger partial charge in [-0.25, -0.2) is 9.59 Å². The van der Waals surface area contributed by atoms with E-state index in [0.717, 1.165) is 0 Å². The van der Waals surface area contributed by atoms with Crippen LogP contribution in [0, 0.1) is 0 Å². The van der Waals surface area contributed by atoms with Gasteiger partial charge < -0.3 is 25.0 Å². The number of hydrogen-bond donors (Lipinski definition) is 2. The Morgan fingerprint density at radius 3 is 2.84 bits per heavy atom. The zero-order chi connectivity index (χ0) is 18.6. The molecule has 0 aromatic carbocycles. The first kappa shape index (κ1) is 18.7. The number of rotatable bonds is 6. The molecule has 1 atom stereocenters. The van der Waals surface area contributed by atoms with E-state index in [9.17, 15) is 19.2 Å². The van der Waals surface area contributed by atoms with Gasteiger partial charge in [0.05, 0.1) is 19.1 Å². The topological polar surface area (TPSA) is 116 Å². The highest BCUT2D eigenvalue weighted by Gasteiger charge is 2.36. The molecule has 2 N–H and O–H groups in total. The number of esters is 1. The summed E-state index contributed by atoms with van der Waals surface area (Å²) in [6, 6.07) is 0.359. The molecule has 3 amide bonds. The van der Waals surface area contributed by atoms with E-state index in [4.69, 9.17) is 9.84 Å². The minimum absolute atomic E-state index is 0.0448. The molecule has 1 aliphatic rings. The number of hydrogen-bond acceptors (Lipinski definition) is 6. The van der Waals surface area contributed by atoms with Gasteiger partial charge >= 0.3 is 18.0 Å². The van der Waals surface area contributed by atoms with E-state index in [2.05, 4.69) is 5.32 Å². The number of anilines is 1. The maximum absolute atomic E-state index is 12.5. The molecule has 1 unspecified atom stereocenters. The molecule has 9 nitrogen and oxygen atoms in total. The maximum Gasteiger partial charge on any atom is 0.340 e. The van der Waals surface area contributed by atoms with Crippen molar-refractivity contribution in [3.63, 3.8) is 0 Å². The van der Waals surface area contributed by atoms with E-state index < -0.39 is 24.0 Å². The number of carboxylic acid groups (broad SMARTS) is 1. The van der Waals surface area contributed by atoms with Gasteiger partial charge in [-0.3, -0.25) is 9.59 Å². The molecule has 1 fully saturated rings. The SMILES string of the molecule is COC(=O)c1ccsc1N1CCC(NC(=O)N(C)CCC(=O)O)C1=O. The number of nitrogens with one attached hydrogen (secondary N) is 1. The van der Waals surface area contributed by atoms with Crippen molar-refractivity contribution in [2.45, 2.75) is 18.9 Å². The Kier molecular flexibility index (Phi) is 5.97. The van der Waals surface area contributed by atoms with E-state index in [1.54, 1.807) is 11.4 Å². The Hall–Kier alpha value is -2.62. The fourth-order valence-corrected chi connectivity index (χ4v) is 3.34. The Morgan fingerprint density at radius 1 is 1.48 bits per heavy atom. The third kappa shape index (κ3) is 4.27. The molecule has 2 heterocycles. The van der Waals surface area contributed by atoms with Crippen molar-refractivity contribution in [2.75, 3.05) is 32.1 Å². The second-order valence-electron chi connectivity index (χ2n) is 5.48. The maximum atomic E-state index is 12.5. The van der Waals surface area contributed by atoms with Crippen molar-refractivity contribution in [3.8, 4) is 0 Å². The predicted molar refractivity (Wildman–Crippen MR) is 89.8 cm³/mol. The number of methoxy groups -OCH3 is 1.